The molecule has 1 aromatic carbocycles. The van der Waals surface area contributed by atoms with E-state index in [1.54, 1.807) is 11.8 Å². The van der Waals surface area contributed by atoms with Crippen molar-refractivity contribution in [1.29, 1.82) is 0 Å². The fraction of sp³-hybridized carbons (Fsp3) is 0.333. The molecular formula is C21H24N6O4S2. The fourth-order valence-corrected chi connectivity index (χ4v) is 5.46. The standard InChI is InChI=1S/C21H24N6O4S2/c1-32-13-9-17(20-25-24-18-4-2-3-11-27(18)20)23-21(29)15-5-7-16(8-6-15)33(30,31)26-12-10-22-19(28)14-26/h2-8,11,17H,9-10,12-14H2,1H3,(H,22,28)(H,23,29). The van der Waals surface area contributed by atoms with Crippen molar-refractivity contribution in [3.05, 3.63) is 60.0 Å². The molecule has 10 nitrogen and oxygen atoms in total. The maximum Gasteiger partial charge on any atom is 0.251 e. The van der Waals surface area contributed by atoms with Gasteiger partial charge in [0.25, 0.3) is 5.91 Å². The Morgan fingerprint density at radius 3 is 2.73 bits per heavy atom. The second kappa shape index (κ2) is 9.89. The number of hydrogen-bond donors (Lipinski definition) is 2. The molecule has 1 fully saturated rings. The predicted octanol–water partition coefficient (Wildman–Crippen LogP) is 1.07. The SMILES string of the molecule is CSCCC(NC(=O)c1ccc(S(=O)(=O)N2CCNC(=O)C2)cc1)c1nnc2ccccn12. The molecule has 174 valence electrons. The Bertz CT molecular complexity index is 1260. The molecule has 0 aliphatic carbocycles. The zero-order valence-corrected chi connectivity index (χ0v) is 19.6. The minimum atomic E-state index is -3.82. The maximum atomic E-state index is 13.0. The van der Waals surface area contributed by atoms with Crippen molar-refractivity contribution in [2.75, 3.05) is 31.6 Å². The molecule has 1 unspecified atom stereocenters. The number of fused-ring (bicyclic) bond motifs is 1. The topological polar surface area (TPSA) is 126 Å². The third-order valence-electron chi connectivity index (χ3n) is 5.33. The summed E-state index contributed by atoms with van der Waals surface area (Å²) in [6.45, 7) is 0.265. The number of nitrogens with zero attached hydrogens (tertiary/aromatic N) is 4. The summed E-state index contributed by atoms with van der Waals surface area (Å²) in [6.07, 6.45) is 4.50. The molecule has 1 saturated heterocycles. The summed E-state index contributed by atoms with van der Waals surface area (Å²) in [5, 5.41) is 14.0. The third-order valence-corrected chi connectivity index (χ3v) is 7.83. The Morgan fingerprint density at radius 1 is 1.21 bits per heavy atom. The summed E-state index contributed by atoms with van der Waals surface area (Å²) in [4.78, 5) is 24.6. The lowest BCUT2D eigenvalue weighted by Gasteiger charge is -2.25. The smallest absolute Gasteiger partial charge is 0.251 e. The Hall–Kier alpha value is -2.96. The molecule has 0 bridgehead atoms. The third kappa shape index (κ3) is 5.02. The lowest BCUT2D eigenvalue weighted by atomic mass is 10.1. The van der Waals surface area contributed by atoms with Gasteiger partial charge >= 0.3 is 0 Å². The largest absolute Gasteiger partial charge is 0.354 e. The second-order valence-electron chi connectivity index (χ2n) is 7.51. The average Bonchev–Trinajstić information content (AvgIpc) is 3.26. The quantitative estimate of drug-likeness (QED) is 0.486. The Balaban J connectivity index is 1.52. The highest BCUT2D eigenvalue weighted by Crippen LogP contribution is 2.21. The van der Waals surface area contributed by atoms with Crippen LogP contribution in [0.25, 0.3) is 5.65 Å². The summed E-state index contributed by atoms with van der Waals surface area (Å²) >= 11 is 1.67. The lowest BCUT2D eigenvalue weighted by Crippen LogP contribution is -2.49. The van der Waals surface area contributed by atoms with Crippen LogP contribution in [0.2, 0.25) is 0 Å². The highest BCUT2D eigenvalue weighted by atomic mass is 32.2. The lowest BCUT2D eigenvalue weighted by molar-refractivity contribution is -0.122. The highest BCUT2D eigenvalue weighted by Gasteiger charge is 2.29. The molecular weight excluding hydrogens is 464 g/mol. The van der Waals surface area contributed by atoms with Crippen LogP contribution in [0, 0.1) is 0 Å². The van der Waals surface area contributed by atoms with Gasteiger partial charge in [0.2, 0.25) is 15.9 Å². The summed E-state index contributed by atoms with van der Waals surface area (Å²) in [6, 6.07) is 10.9. The second-order valence-corrected chi connectivity index (χ2v) is 10.4. The molecule has 33 heavy (non-hydrogen) atoms. The van der Waals surface area contributed by atoms with Crippen molar-refractivity contribution >= 4 is 39.2 Å². The number of pyridine rings is 1. The fourth-order valence-electron chi connectivity index (χ4n) is 3.59. The van der Waals surface area contributed by atoms with Gasteiger partial charge in [-0.05, 0) is 54.8 Å². The van der Waals surface area contributed by atoms with Crippen molar-refractivity contribution in [3.8, 4) is 0 Å². The molecule has 4 rings (SSSR count). The zero-order valence-electron chi connectivity index (χ0n) is 18.0. The average molecular weight is 489 g/mol. The number of amides is 2. The van der Waals surface area contributed by atoms with Crippen molar-refractivity contribution in [2.45, 2.75) is 17.4 Å². The molecule has 2 aromatic heterocycles. The van der Waals surface area contributed by atoms with Crippen LogP contribution in [0.5, 0.6) is 0 Å². The van der Waals surface area contributed by atoms with Crippen LogP contribution in [0.15, 0.2) is 53.6 Å². The first-order chi connectivity index (χ1) is 15.9. The maximum absolute atomic E-state index is 13.0. The molecule has 1 atom stereocenters. The summed E-state index contributed by atoms with van der Waals surface area (Å²) in [7, 11) is -3.82. The van der Waals surface area contributed by atoms with Crippen LogP contribution < -0.4 is 10.6 Å². The minimum Gasteiger partial charge on any atom is -0.354 e. The number of piperazine rings is 1. The first-order valence-electron chi connectivity index (χ1n) is 10.4. The zero-order chi connectivity index (χ0) is 23.4. The number of thioether (sulfide) groups is 1. The van der Waals surface area contributed by atoms with Gasteiger partial charge in [0, 0.05) is 24.8 Å². The molecule has 0 spiro atoms. The van der Waals surface area contributed by atoms with Crippen LogP contribution in [-0.2, 0) is 14.8 Å². The van der Waals surface area contributed by atoms with Gasteiger partial charge in [-0.1, -0.05) is 6.07 Å². The monoisotopic (exact) mass is 488 g/mol. The molecule has 0 saturated carbocycles. The first-order valence-corrected chi connectivity index (χ1v) is 13.2. The van der Waals surface area contributed by atoms with E-state index in [1.807, 2.05) is 35.1 Å². The van der Waals surface area contributed by atoms with E-state index in [1.165, 1.54) is 24.3 Å². The molecule has 3 aromatic rings. The van der Waals surface area contributed by atoms with E-state index in [2.05, 4.69) is 20.8 Å². The van der Waals surface area contributed by atoms with Gasteiger partial charge in [0.05, 0.1) is 17.5 Å². The molecule has 0 radical (unpaired) electrons. The number of rotatable bonds is 8. The van der Waals surface area contributed by atoms with Crippen molar-refractivity contribution in [2.24, 2.45) is 0 Å². The van der Waals surface area contributed by atoms with Crippen molar-refractivity contribution < 1.29 is 18.0 Å². The van der Waals surface area contributed by atoms with Gasteiger partial charge in [0.1, 0.15) is 0 Å². The van der Waals surface area contributed by atoms with Gasteiger partial charge in [0.15, 0.2) is 11.5 Å². The molecule has 2 amide bonds. The van der Waals surface area contributed by atoms with Crippen LogP contribution in [0.1, 0.15) is 28.6 Å². The number of benzene rings is 1. The van der Waals surface area contributed by atoms with E-state index in [-0.39, 0.29) is 42.4 Å². The molecule has 3 heterocycles. The van der Waals surface area contributed by atoms with Gasteiger partial charge in [-0.15, -0.1) is 10.2 Å². The Morgan fingerprint density at radius 2 is 2.00 bits per heavy atom. The summed E-state index contributed by atoms with van der Waals surface area (Å²) < 4.78 is 28.6. The van der Waals surface area contributed by atoms with Crippen LogP contribution in [0.3, 0.4) is 0 Å². The van der Waals surface area contributed by atoms with Gasteiger partial charge in [-0.2, -0.15) is 16.1 Å². The molecule has 1 aliphatic rings. The Labute approximate surface area is 195 Å². The highest BCUT2D eigenvalue weighted by molar-refractivity contribution is 7.98. The van der Waals surface area contributed by atoms with E-state index < -0.39 is 10.0 Å². The van der Waals surface area contributed by atoms with E-state index in [4.69, 9.17) is 0 Å². The van der Waals surface area contributed by atoms with E-state index >= 15 is 0 Å². The normalized spacial score (nSPS) is 15.8. The van der Waals surface area contributed by atoms with Gasteiger partial charge in [-0.3, -0.25) is 14.0 Å². The summed E-state index contributed by atoms with van der Waals surface area (Å²) in [5.74, 6) is 0.775. The van der Waals surface area contributed by atoms with Crippen LogP contribution >= 0.6 is 11.8 Å². The van der Waals surface area contributed by atoms with Crippen molar-refractivity contribution in [1.82, 2.24) is 29.5 Å². The summed E-state index contributed by atoms with van der Waals surface area (Å²) in [5.41, 5.74) is 1.02. The van der Waals surface area contributed by atoms with E-state index in [0.717, 1.165) is 10.1 Å². The number of nitrogens with one attached hydrogen (secondary N) is 2. The number of sulfonamides is 1. The van der Waals surface area contributed by atoms with Gasteiger partial charge < -0.3 is 10.6 Å². The van der Waals surface area contributed by atoms with E-state index in [9.17, 15) is 18.0 Å². The minimum absolute atomic E-state index is 0.0381. The number of carbonyl (C=O) groups is 2. The molecule has 2 N–H and O–H groups in total. The van der Waals surface area contributed by atoms with E-state index in [0.29, 0.717) is 23.5 Å². The van der Waals surface area contributed by atoms with Crippen LogP contribution in [0.4, 0.5) is 0 Å². The predicted molar refractivity (Wildman–Crippen MR) is 124 cm³/mol. The van der Waals surface area contributed by atoms with Gasteiger partial charge in [-0.25, -0.2) is 8.42 Å². The van der Waals surface area contributed by atoms with Crippen molar-refractivity contribution in [3.63, 3.8) is 0 Å². The first kappa shape index (κ1) is 23.2. The number of carbonyl (C=O) groups excluding carboxylic acids is 2. The Kier molecular flexibility index (Phi) is 6.96. The molecule has 12 heteroatoms. The van der Waals surface area contributed by atoms with Crippen LogP contribution in [-0.4, -0.2) is 70.8 Å². The number of aromatic nitrogens is 3. The number of hydrogen-bond acceptors (Lipinski definition) is 7. The molecule has 1 aliphatic heterocycles.